The molecule has 0 saturated carbocycles. The lowest BCUT2D eigenvalue weighted by Gasteiger charge is -2.23. The summed E-state index contributed by atoms with van der Waals surface area (Å²) < 4.78 is 27.1. The summed E-state index contributed by atoms with van der Waals surface area (Å²) in [4.78, 5) is 141. The number of carbonyl (C=O) groups is 11. The molecule has 460 valence electrons. The highest BCUT2D eigenvalue weighted by molar-refractivity contribution is 6.12. The van der Waals surface area contributed by atoms with Gasteiger partial charge in [0.2, 0.25) is 17.7 Å². The molecule has 1 aliphatic heterocycles. The summed E-state index contributed by atoms with van der Waals surface area (Å²) in [5.41, 5.74) is -3.03. The minimum absolute atomic E-state index is 0.00115. The number of nitrogens with one attached hydrogen (secondary N) is 9. The third-order valence-corrected chi connectivity index (χ3v) is 10.9. The van der Waals surface area contributed by atoms with Crippen molar-refractivity contribution >= 4 is 65.7 Å². The summed E-state index contributed by atoms with van der Waals surface area (Å²) in [6, 6.07) is 2.06. The van der Waals surface area contributed by atoms with Crippen LogP contribution in [0.2, 0.25) is 0 Å². The second-order valence-electron chi connectivity index (χ2n) is 23.3. The predicted octanol–water partition coefficient (Wildman–Crippen LogP) is 4.54. The van der Waals surface area contributed by atoms with Crippen LogP contribution in [-0.2, 0) is 42.9 Å². The van der Waals surface area contributed by atoms with Gasteiger partial charge in [0, 0.05) is 75.5 Å². The van der Waals surface area contributed by atoms with Crippen LogP contribution in [0.4, 0.5) is 19.2 Å². The van der Waals surface area contributed by atoms with Gasteiger partial charge in [-0.15, -0.1) is 0 Å². The van der Waals surface area contributed by atoms with E-state index >= 15 is 0 Å². The zero-order valence-electron chi connectivity index (χ0n) is 50.0. The fourth-order valence-corrected chi connectivity index (χ4v) is 7.34. The van der Waals surface area contributed by atoms with Crippen LogP contribution in [0.3, 0.4) is 0 Å². The molecule has 2 atom stereocenters. The van der Waals surface area contributed by atoms with Gasteiger partial charge < -0.3 is 71.5 Å². The highest BCUT2D eigenvalue weighted by Crippen LogP contribution is 2.19. The summed E-state index contributed by atoms with van der Waals surface area (Å²) in [6.45, 7) is 21.0. The zero-order chi connectivity index (χ0) is 61.7. The maximum atomic E-state index is 13.6. The van der Waals surface area contributed by atoms with E-state index in [1.54, 1.807) is 83.1 Å². The van der Waals surface area contributed by atoms with Gasteiger partial charge >= 0.3 is 24.4 Å². The fourth-order valence-electron chi connectivity index (χ4n) is 7.34. The van der Waals surface area contributed by atoms with Crippen molar-refractivity contribution in [3.63, 3.8) is 0 Å². The topological polar surface area (TPSA) is 345 Å². The first-order valence-electron chi connectivity index (χ1n) is 27.8. The summed E-state index contributed by atoms with van der Waals surface area (Å²) >= 11 is 0. The van der Waals surface area contributed by atoms with Gasteiger partial charge in [0.1, 0.15) is 46.8 Å². The van der Waals surface area contributed by atoms with E-state index in [-0.39, 0.29) is 113 Å². The largest absolute Gasteiger partial charge is 0.492 e. The number of alkyl carbamates (subject to hydrolysis) is 4. The smallest absolute Gasteiger partial charge is 0.408 e. The molecule has 26 heteroatoms. The maximum Gasteiger partial charge on any atom is 0.408 e. The molecule has 0 saturated heterocycles. The first kappa shape index (κ1) is 70.4. The van der Waals surface area contributed by atoms with Gasteiger partial charge in [-0.05, 0) is 153 Å². The predicted molar refractivity (Wildman–Crippen MR) is 302 cm³/mol. The van der Waals surface area contributed by atoms with Crippen molar-refractivity contribution < 1.29 is 76.4 Å². The minimum atomic E-state index is -1.02. The molecule has 1 heterocycles. The van der Waals surface area contributed by atoms with Crippen LogP contribution in [0.25, 0.3) is 0 Å². The molecule has 0 bridgehead atoms. The molecule has 1 aromatic carbocycles. The number of unbranched alkanes of at least 4 members (excludes halogenated alkanes) is 4. The van der Waals surface area contributed by atoms with Crippen molar-refractivity contribution in [2.75, 3.05) is 59.0 Å². The van der Waals surface area contributed by atoms with Crippen LogP contribution in [0.5, 0.6) is 5.75 Å². The lowest BCUT2D eigenvalue weighted by molar-refractivity contribution is -0.137. The molecule has 26 nitrogen and oxygen atoms in total. The van der Waals surface area contributed by atoms with E-state index in [1.807, 2.05) is 0 Å². The number of hydrogen-bond donors (Lipinski definition) is 9. The number of benzene rings is 1. The van der Waals surface area contributed by atoms with E-state index < -0.39 is 82.5 Å². The molecule has 1 aromatic rings. The van der Waals surface area contributed by atoms with Gasteiger partial charge in [-0.2, -0.15) is 0 Å². The molecule has 9 N–H and O–H groups in total. The first-order chi connectivity index (χ1) is 38.2. The Morgan fingerprint density at radius 3 is 1.26 bits per heavy atom. The Morgan fingerprint density at radius 1 is 0.439 bits per heavy atom. The summed E-state index contributed by atoms with van der Waals surface area (Å²) in [7, 11) is 0. The molecule has 2 rings (SSSR count). The first-order valence-corrected chi connectivity index (χ1v) is 27.8. The number of amides is 11. The number of rotatable bonds is 32. The Bertz CT molecular complexity index is 2230. The van der Waals surface area contributed by atoms with Gasteiger partial charge in [0.25, 0.3) is 23.6 Å². The van der Waals surface area contributed by atoms with Crippen molar-refractivity contribution in [2.45, 2.75) is 182 Å². The summed E-state index contributed by atoms with van der Waals surface area (Å²) in [5.74, 6) is -3.28. The van der Waals surface area contributed by atoms with Crippen LogP contribution < -0.4 is 52.6 Å². The third kappa shape index (κ3) is 32.6. The van der Waals surface area contributed by atoms with E-state index in [4.69, 9.17) is 23.7 Å². The second kappa shape index (κ2) is 34.6. The Morgan fingerprint density at radius 2 is 0.841 bits per heavy atom. The lowest BCUT2D eigenvalue weighted by atomic mass is 10.1. The van der Waals surface area contributed by atoms with Gasteiger partial charge in [0.05, 0.1) is 6.54 Å². The molecular formula is C56H90N10O16. The van der Waals surface area contributed by atoms with Crippen molar-refractivity contribution in [3.05, 3.63) is 41.5 Å². The molecule has 0 spiro atoms. The Hall–Kier alpha value is -7.67. The van der Waals surface area contributed by atoms with Crippen LogP contribution in [0.1, 0.15) is 168 Å². The van der Waals surface area contributed by atoms with Crippen LogP contribution in [0, 0.1) is 0 Å². The molecule has 1 aliphatic rings. The van der Waals surface area contributed by atoms with Gasteiger partial charge in [-0.1, -0.05) is 6.42 Å². The van der Waals surface area contributed by atoms with E-state index in [0.29, 0.717) is 44.9 Å². The number of nitrogens with zero attached hydrogens (tertiary/aromatic N) is 1. The van der Waals surface area contributed by atoms with Gasteiger partial charge in [-0.3, -0.25) is 38.5 Å². The van der Waals surface area contributed by atoms with Crippen molar-refractivity contribution in [1.82, 2.24) is 52.8 Å². The molecule has 0 aromatic heterocycles. The fraction of sp³-hybridized carbons (Fsp3) is 0.661. The number of hydrogen-bond acceptors (Lipinski definition) is 16. The van der Waals surface area contributed by atoms with Crippen molar-refractivity contribution in [1.29, 1.82) is 0 Å². The lowest BCUT2D eigenvalue weighted by Crippen LogP contribution is -2.49. The van der Waals surface area contributed by atoms with Crippen molar-refractivity contribution in [2.24, 2.45) is 0 Å². The maximum absolute atomic E-state index is 13.6. The number of carbonyl (C=O) groups excluding carboxylic acids is 11. The third-order valence-electron chi connectivity index (χ3n) is 10.9. The number of ether oxygens (including phenoxy) is 5. The minimum Gasteiger partial charge on any atom is -0.492 e. The van der Waals surface area contributed by atoms with Crippen molar-refractivity contribution in [3.8, 4) is 5.75 Å². The SMILES string of the molecule is CC(C)(C)OC(=O)NCCCC[C@H](NC(=O)OC(C)(C)C)C(=O)NCCNC(=O)c1cc(OCCNC(=O)CCCCCN2C(=O)C=CC2=O)cc(C(=O)NCCNC(=O)[C@H](CCCCNC(=O)OC(C)(C)C)NC(=O)OC(C)(C)C)c1. The quantitative estimate of drug-likeness (QED) is 0.0272. The van der Waals surface area contributed by atoms with E-state index in [9.17, 15) is 52.7 Å². The number of imide groups is 1. The molecule has 0 aliphatic carbocycles. The molecule has 11 amide bonds. The Labute approximate surface area is 481 Å². The average Bonchev–Trinajstić information content (AvgIpc) is 3.75. The standard InChI is InChI=1S/C56H90N10O16/c1-53(2,3)79-49(74)62-25-17-15-20-40(64-51(76)81-55(7,8)9)47(72)60-29-27-58-45(70)37-34-38(36-39(35-37)78-33-31-57-42(67)22-14-13-19-32-66-43(68)23-24-44(66)69)46(71)59-28-30-61-48(73)41(65-52(77)82-56(10,11)12)21-16-18-26-63-50(75)80-54(4,5)6/h23-24,34-36,40-41H,13-22,25-33H2,1-12H3,(H,57,67)(H,58,70)(H,59,71)(H,60,72)(H,61,73)(H,62,74)(H,63,75)(H,64,76)(H,65,77)/t40-,41-/m0/s1. The molecular weight excluding hydrogens is 1070 g/mol. The molecule has 0 unspecified atom stereocenters. The van der Waals surface area contributed by atoms with Gasteiger partial charge in [-0.25, -0.2) is 19.2 Å². The normalized spacial score (nSPS) is 13.1. The molecule has 0 radical (unpaired) electrons. The van der Waals surface area contributed by atoms with Crippen LogP contribution in [-0.4, -0.2) is 164 Å². The molecule has 0 fully saturated rings. The molecule has 82 heavy (non-hydrogen) atoms. The average molecular weight is 1160 g/mol. The highest BCUT2D eigenvalue weighted by atomic mass is 16.6. The second-order valence-corrected chi connectivity index (χ2v) is 23.3. The van der Waals surface area contributed by atoms with E-state index in [2.05, 4.69) is 47.9 Å². The van der Waals surface area contributed by atoms with Crippen LogP contribution >= 0.6 is 0 Å². The van der Waals surface area contributed by atoms with Crippen LogP contribution in [0.15, 0.2) is 30.4 Å². The zero-order valence-corrected chi connectivity index (χ0v) is 50.0. The Balaban J connectivity index is 2.13. The van der Waals surface area contributed by atoms with E-state index in [1.165, 1.54) is 30.4 Å². The highest BCUT2D eigenvalue weighted by Gasteiger charge is 2.27. The monoisotopic (exact) mass is 1160 g/mol. The Kier molecular flexibility index (Phi) is 29.7. The summed E-state index contributed by atoms with van der Waals surface area (Å²) in [6.07, 6.45) is 3.67. The summed E-state index contributed by atoms with van der Waals surface area (Å²) in [5, 5.41) is 24.1. The van der Waals surface area contributed by atoms with Gasteiger partial charge in [0.15, 0.2) is 0 Å². The van der Waals surface area contributed by atoms with E-state index in [0.717, 1.165) is 4.90 Å².